The molecule has 1 heterocycles. The van der Waals surface area contributed by atoms with Crippen molar-refractivity contribution in [3.05, 3.63) is 66.2 Å². The van der Waals surface area contributed by atoms with Crippen molar-refractivity contribution in [2.75, 3.05) is 7.11 Å². The number of aromatic nitrogens is 1. The van der Waals surface area contributed by atoms with Crippen LogP contribution in [0.5, 0.6) is 5.75 Å². The first-order valence-corrected chi connectivity index (χ1v) is 9.56. The highest BCUT2D eigenvalue weighted by Crippen LogP contribution is 2.38. The Labute approximate surface area is 163 Å². The molecule has 0 aliphatic heterocycles. The van der Waals surface area contributed by atoms with Crippen molar-refractivity contribution < 1.29 is 9.53 Å². The minimum absolute atomic E-state index is 0.399. The second-order valence-corrected chi connectivity index (χ2v) is 7.50. The maximum absolute atomic E-state index is 12.0. The molecule has 0 bridgehead atoms. The van der Waals surface area contributed by atoms with Crippen molar-refractivity contribution in [3.8, 4) is 16.9 Å². The zero-order chi connectivity index (χ0) is 19.3. The number of nitrogens with two attached hydrogens (primary N) is 1. The standard InChI is InChI=1S/C24H21N2O2/c1-28-18-10-7-16(8-11-18)17-9-12-19-22(13-17)26(14-15-5-6-15)21-4-2-3-20(23(19)21)24(25)27/h2-4,7-11,13,15H,5-6,14H2,1H3,(H2,25,27). The summed E-state index contributed by atoms with van der Waals surface area (Å²) in [6.07, 6.45) is 2.52. The molecule has 2 N–H and O–H groups in total. The van der Waals surface area contributed by atoms with Crippen LogP contribution in [-0.2, 0) is 6.54 Å². The molecule has 0 saturated heterocycles. The van der Waals surface area contributed by atoms with Gasteiger partial charge >= 0.3 is 0 Å². The molecule has 0 spiro atoms. The number of carbonyl (C=O) groups is 1. The van der Waals surface area contributed by atoms with Crippen LogP contribution in [0.25, 0.3) is 32.9 Å². The molecule has 4 nitrogen and oxygen atoms in total. The lowest BCUT2D eigenvalue weighted by Gasteiger charge is -2.08. The van der Waals surface area contributed by atoms with E-state index in [1.165, 1.54) is 12.8 Å². The summed E-state index contributed by atoms with van der Waals surface area (Å²) in [4.78, 5) is 12.0. The van der Waals surface area contributed by atoms with E-state index in [-0.39, 0.29) is 0 Å². The lowest BCUT2D eigenvalue weighted by atomic mass is 10.0. The Balaban J connectivity index is 1.75. The molecule has 3 aromatic carbocycles. The molecule has 139 valence electrons. The lowest BCUT2D eigenvalue weighted by Crippen LogP contribution is -2.11. The Morgan fingerprint density at radius 3 is 2.61 bits per heavy atom. The minimum Gasteiger partial charge on any atom is -0.497 e. The number of rotatable bonds is 5. The largest absolute Gasteiger partial charge is 0.497 e. The van der Waals surface area contributed by atoms with Gasteiger partial charge in [0.15, 0.2) is 0 Å². The van der Waals surface area contributed by atoms with Gasteiger partial charge in [-0.25, -0.2) is 0 Å². The van der Waals surface area contributed by atoms with E-state index in [2.05, 4.69) is 34.9 Å². The molecule has 4 aromatic rings. The molecule has 4 heteroatoms. The smallest absolute Gasteiger partial charge is 0.249 e. The van der Waals surface area contributed by atoms with E-state index in [0.717, 1.165) is 45.2 Å². The highest BCUT2D eigenvalue weighted by Gasteiger charge is 2.25. The van der Waals surface area contributed by atoms with Gasteiger partial charge in [0.1, 0.15) is 5.75 Å². The van der Waals surface area contributed by atoms with E-state index in [0.29, 0.717) is 11.5 Å². The van der Waals surface area contributed by atoms with Crippen LogP contribution in [-0.4, -0.2) is 17.6 Å². The summed E-state index contributed by atoms with van der Waals surface area (Å²) in [5, 5.41) is 1.87. The number of hydrogen-bond donors (Lipinski definition) is 1. The van der Waals surface area contributed by atoms with Gasteiger partial charge in [0, 0.05) is 28.4 Å². The molecule has 1 aliphatic rings. The van der Waals surface area contributed by atoms with Crippen molar-refractivity contribution in [3.63, 3.8) is 0 Å². The Morgan fingerprint density at radius 1 is 1.14 bits per heavy atom. The van der Waals surface area contributed by atoms with Gasteiger partial charge in [0.2, 0.25) is 5.91 Å². The van der Waals surface area contributed by atoms with Gasteiger partial charge in [-0.3, -0.25) is 4.79 Å². The molecule has 1 amide bonds. The second-order valence-electron chi connectivity index (χ2n) is 7.50. The molecule has 28 heavy (non-hydrogen) atoms. The fourth-order valence-electron chi connectivity index (χ4n) is 3.97. The molecule has 1 aliphatic carbocycles. The molecule has 1 saturated carbocycles. The average Bonchev–Trinajstić information content (AvgIpc) is 3.50. The Kier molecular flexibility index (Phi) is 3.86. The van der Waals surface area contributed by atoms with Gasteiger partial charge in [-0.2, -0.15) is 0 Å². The molecule has 0 atom stereocenters. The number of fused-ring (bicyclic) bond motifs is 3. The molecular formula is C24H21N2O2. The predicted octanol–water partition coefficient (Wildman–Crippen LogP) is 4.78. The van der Waals surface area contributed by atoms with Crippen LogP contribution in [0.2, 0.25) is 0 Å². The average molecular weight is 369 g/mol. The third-order valence-corrected chi connectivity index (χ3v) is 5.62. The van der Waals surface area contributed by atoms with Crippen molar-refractivity contribution in [2.24, 2.45) is 11.7 Å². The molecule has 0 unspecified atom stereocenters. The number of nitrogens with zero attached hydrogens (tertiary/aromatic N) is 1. The van der Waals surface area contributed by atoms with Crippen molar-refractivity contribution in [1.29, 1.82) is 0 Å². The Hall–Kier alpha value is -3.27. The van der Waals surface area contributed by atoms with Crippen LogP contribution < -0.4 is 10.5 Å². The summed E-state index contributed by atoms with van der Waals surface area (Å²) in [5.41, 5.74) is 10.6. The minimum atomic E-state index is -0.399. The van der Waals surface area contributed by atoms with E-state index in [1.54, 1.807) is 13.2 Å². The number of amides is 1. The first-order valence-electron chi connectivity index (χ1n) is 9.56. The van der Waals surface area contributed by atoms with Gasteiger partial charge in [-0.05, 0) is 72.4 Å². The predicted molar refractivity (Wildman–Crippen MR) is 112 cm³/mol. The SMILES string of the molecule is COc1ccc(-c2c[c]c3c4c(C(N)=O)cccc4n(CC4CC4)c3c2)cc1. The summed E-state index contributed by atoms with van der Waals surface area (Å²) in [5.74, 6) is 1.15. The second kappa shape index (κ2) is 6.41. The van der Waals surface area contributed by atoms with Crippen molar-refractivity contribution in [2.45, 2.75) is 19.4 Å². The summed E-state index contributed by atoms with van der Waals surface area (Å²) in [6, 6.07) is 21.4. The number of hydrogen-bond acceptors (Lipinski definition) is 2. The van der Waals surface area contributed by atoms with Crippen LogP contribution in [0.1, 0.15) is 23.2 Å². The van der Waals surface area contributed by atoms with E-state index in [4.69, 9.17) is 10.5 Å². The first kappa shape index (κ1) is 16.9. The summed E-state index contributed by atoms with van der Waals surface area (Å²) < 4.78 is 7.60. The van der Waals surface area contributed by atoms with Crippen LogP contribution in [0.3, 0.4) is 0 Å². The van der Waals surface area contributed by atoms with Gasteiger partial charge in [-0.15, -0.1) is 0 Å². The summed E-state index contributed by atoms with van der Waals surface area (Å²) in [7, 11) is 1.67. The highest BCUT2D eigenvalue weighted by molar-refractivity contribution is 6.18. The van der Waals surface area contributed by atoms with E-state index >= 15 is 0 Å². The normalized spacial score (nSPS) is 13.9. The topological polar surface area (TPSA) is 57.2 Å². The summed E-state index contributed by atoms with van der Waals surface area (Å²) >= 11 is 0. The first-order chi connectivity index (χ1) is 13.7. The molecular weight excluding hydrogens is 348 g/mol. The lowest BCUT2D eigenvalue weighted by molar-refractivity contribution is 0.100. The highest BCUT2D eigenvalue weighted by atomic mass is 16.5. The Bertz CT molecular complexity index is 1200. The van der Waals surface area contributed by atoms with Crippen molar-refractivity contribution in [1.82, 2.24) is 4.57 Å². The zero-order valence-electron chi connectivity index (χ0n) is 15.7. The van der Waals surface area contributed by atoms with E-state index in [9.17, 15) is 4.79 Å². The number of methoxy groups -OCH3 is 1. The Morgan fingerprint density at radius 2 is 1.93 bits per heavy atom. The van der Waals surface area contributed by atoms with Crippen LogP contribution in [0.4, 0.5) is 0 Å². The molecule has 1 radical (unpaired) electrons. The van der Waals surface area contributed by atoms with Gasteiger partial charge < -0.3 is 15.0 Å². The maximum Gasteiger partial charge on any atom is 0.249 e. The maximum atomic E-state index is 12.0. The zero-order valence-corrected chi connectivity index (χ0v) is 15.7. The number of primary amides is 1. The van der Waals surface area contributed by atoms with Crippen LogP contribution >= 0.6 is 0 Å². The number of ether oxygens (including phenoxy) is 1. The van der Waals surface area contributed by atoms with Crippen molar-refractivity contribution >= 4 is 27.7 Å². The van der Waals surface area contributed by atoms with Gasteiger partial charge in [0.05, 0.1) is 12.6 Å². The number of carbonyl (C=O) groups excluding carboxylic acids is 1. The van der Waals surface area contributed by atoms with Gasteiger partial charge in [0.25, 0.3) is 0 Å². The summed E-state index contributed by atoms with van der Waals surface area (Å²) in [6.45, 7) is 0.960. The fourth-order valence-corrected chi connectivity index (χ4v) is 3.97. The third kappa shape index (κ3) is 2.73. The quantitative estimate of drug-likeness (QED) is 0.550. The third-order valence-electron chi connectivity index (χ3n) is 5.62. The molecule has 1 fully saturated rings. The monoisotopic (exact) mass is 369 g/mol. The number of benzene rings is 3. The van der Waals surface area contributed by atoms with Crippen LogP contribution in [0.15, 0.2) is 54.6 Å². The van der Waals surface area contributed by atoms with E-state index in [1.807, 2.05) is 24.3 Å². The van der Waals surface area contributed by atoms with Crippen LogP contribution in [0, 0.1) is 12.0 Å². The van der Waals surface area contributed by atoms with Gasteiger partial charge in [-0.1, -0.05) is 18.2 Å². The van der Waals surface area contributed by atoms with E-state index < -0.39 is 5.91 Å². The molecule has 5 rings (SSSR count). The fraction of sp³-hybridized carbons (Fsp3) is 0.208. The molecule has 1 aromatic heterocycles.